The van der Waals surface area contributed by atoms with Gasteiger partial charge in [0.25, 0.3) is 0 Å². The molecule has 1 unspecified atom stereocenters. The van der Waals surface area contributed by atoms with Crippen LogP contribution in [0.3, 0.4) is 0 Å². The van der Waals surface area contributed by atoms with E-state index in [1.54, 1.807) is 6.07 Å². The molecule has 0 amide bonds. The monoisotopic (exact) mass is 478 g/mol. The van der Waals surface area contributed by atoms with Crippen LogP contribution in [-0.2, 0) is 17.1 Å². The molecular formula is C22H27ClN4O2S2. The van der Waals surface area contributed by atoms with Crippen molar-refractivity contribution < 1.29 is 8.42 Å². The Kier molecular flexibility index (Phi) is 6.55. The highest BCUT2D eigenvalue weighted by Crippen LogP contribution is 2.33. The molecule has 31 heavy (non-hydrogen) atoms. The van der Waals surface area contributed by atoms with E-state index in [-0.39, 0.29) is 6.04 Å². The van der Waals surface area contributed by atoms with Crippen molar-refractivity contribution in [3.05, 3.63) is 46.4 Å². The van der Waals surface area contributed by atoms with Gasteiger partial charge >= 0.3 is 0 Å². The van der Waals surface area contributed by atoms with E-state index in [9.17, 15) is 8.42 Å². The topological polar surface area (TPSA) is 67.2 Å². The first-order valence-electron chi connectivity index (χ1n) is 10.4. The summed E-state index contributed by atoms with van der Waals surface area (Å²) in [5.74, 6) is 0. The first-order valence-corrected chi connectivity index (χ1v) is 13.2. The lowest BCUT2D eigenvalue weighted by molar-refractivity contribution is 0.268. The van der Waals surface area contributed by atoms with Crippen molar-refractivity contribution in [1.82, 2.24) is 19.2 Å². The minimum absolute atomic E-state index is 0.266. The van der Waals surface area contributed by atoms with E-state index in [1.165, 1.54) is 11.3 Å². The van der Waals surface area contributed by atoms with Crippen LogP contribution in [0.2, 0.25) is 5.02 Å². The number of thiazole rings is 1. The Hall–Kier alpha value is -1.71. The summed E-state index contributed by atoms with van der Waals surface area (Å²) in [6.07, 6.45) is 2.15. The zero-order valence-electron chi connectivity index (χ0n) is 17.9. The number of aromatic nitrogens is 2. The summed E-state index contributed by atoms with van der Waals surface area (Å²) in [4.78, 5) is 7.38. The molecular weight excluding hydrogens is 452 g/mol. The van der Waals surface area contributed by atoms with Crippen molar-refractivity contribution in [3.8, 4) is 22.0 Å². The van der Waals surface area contributed by atoms with E-state index in [0.29, 0.717) is 22.2 Å². The number of sulfonamides is 1. The summed E-state index contributed by atoms with van der Waals surface area (Å²) in [5, 5.41) is 3.40. The van der Waals surface area contributed by atoms with Gasteiger partial charge in [-0.05, 0) is 51.1 Å². The van der Waals surface area contributed by atoms with Gasteiger partial charge in [-0.25, -0.2) is 18.1 Å². The molecule has 9 heteroatoms. The van der Waals surface area contributed by atoms with E-state index in [1.807, 2.05) is 48.2 Å². The van der Waals surface area contributed by atoms with Gasteiger partial charge in [0.1, 0.15) is 9.90 Å². The molecule has 0 saturated carbocycles. The van der Waals surface area contributed by atoms with Gasteiger partial charge in [-0.2, -0.15) is 0 Å². The third-order valence-electron chi connectivity index (χ3n) is 6.04. The summed E-state index contributed by atoms with van der Waals surface area (Å²) >= 11 is 7.60. The number of nitrogens with one attached hydrogen (secondary N) is 1. The molecule has 0 spiro atoms. The Balaban J connectivity index is 1.58. The van der Waals surface area contributed by atoms with Crippen LogP contribution in [0.4, 0.5) is 0 Å². The Bertz CT molecular complexity index is 1190. The third-order valence-corrected chi connectivity index (χ3v) is 8.68. The maximum atomic E-state index is 13.1. The fourth-order valence-corrected chi connectivity index (χ4v) is 6.58. The maximum Gasteiger partial charge on any atom is 0.242 e. The molecule has 1 atom stereocenters. The average molecular weight is 479 g/mol. The number of rotatable bonds is 7. The Labute approximate surface area is 192 Å². The van der Waals surface area contributed by atoms with Gasteiger partial charge in [0, 0.05) is 41.3 Å². The van der Waals surface area contributed by atoms with E-state index in [2.05, 4.69) is 16.5 Å². The first kappa shape index (κ1) is 22.5. The minimum Gasteiger partial charge on any atom is -0.345 e. The van der Waals surface area contributed by atoms with Crippen molar-refractivity contribution in [2.24, 2.45) is 7.05 Å². The molecule has 166 valence electrons. The predicted octanol–water partition coefficient (Wildman–Crippen LogP) is 4.54. The highest BCUT2D eigenvalue weighted by Gasteiger charge is 2.27. The van der Waals surface area contributed by atoms with Crippen molar-refractivity contribution in [3.63, 3.8) is 0 Å². The van der Waals surface area contributed by atoms with Crippen LogP contribution in [0, 0.1) is 6.92 Å². The molecule has 2 aromatic heterocycles. The second-order valence-electron chi connectivity index (χ2n) is 7.86. The van der Waals surface area contributed by atoms with Gasteiger partial charge in [0.05, 0.1) is 11.4 Å². The number of likely N-dealkylation sites (N-methyl/N-ethyl adjacent to an activating group) is 1. The summed E-state index contributed by atoms with van der Waals surface area (Å²) in [7, 11) is -1.73. The number of nitrogens with zero attached hydrogens (tertiary/aromatic N) is 3. The Morgan fingerprint density at radius 3 is 2.87 bits per heavy atom. The molecule has 1 N–H and O–H groups in total. The van der Waals surface area contributed by atoms with E-state index >= 15 is 0 Å². The molecule has 1 aliphatic rings. The number of hydrogen-bond acceptors (Lipinski definition) is 5. The average Bonchev–Trinajstić information content (AvgIpc) is 3.46. The molecule has 3 aromatic rings. The van der Waals surface area contributed by atoms with E-state index in [4.69, 9.17) is 16.6 Å². The third kappa shape index (κ3) is 4.59. The molecule has 1 fully saturated rings. The lowest BCUT2D eigenvalue weighted by Crippen LogP contribution is -2.40. The summed E-state index contributed by atoms with van der Waals surface area (Å²) in [5.41, 5.74) is 3.24. The summed E-state index contributed by atoms with van der Waals surface area (Å²) in [6.45, 7) is 6.37. The number of hydrogen-bond donors (Lipinski definition) is 1. The predicted molar refractivity (Wildman–Crippen MR) is 127 cm³/mol. The molecule has 0 aliphatic carbocycles. The zero-order chi connectivity index (χ0) is 22.2. The van der Waals surface area contributed by atoms with Crippen LogP contribution in [0.1, 0.15) is 25.5 Å². The summed E-state index contributed by atoms with van der Waals surface area (Å²) < 4.78 is 30.9. The Morgan fingerprint density at radius 1 is 1.32 bits per heavy atom. The molecule has 4 rings (SSSR count). The van der Waals surface area contributed by atoms with Crippen molar-refractivity contribution in [2.45, 2.75) is 37.6 Å². The van der Waals surface area contributed by atoms with Crippen LogP contribution in [-0.4, -0.2) is 48.5 Å². The quantitative estimate of drug-likeness (QED) is 0.541. The number of benzene rings is 1. The van der Waals surface area contributed by atoms with E-state index in [0.717, 1.165) is 47.9 Å². The zero-order valence-corrected chi connectivity index (χ0v) is 20.3. The molecule has 0 radical (unpaired) electrons. The van der Waals surface area contributed by atoms with Gasteiger partial charge in [-0.3, -0.25) is 4.90 Å². The fourth-order valence-electron chi connectivity index (χ4n) is 4.15. The van der Waals surface area contributed by atoms with Gasteiger partial charge in [0.2, 0.25) is 10.0 Å². The minimum atomic E-state index is -3.61. The SMILES string of the molecule is CCN1CCCC1CNS(=O)(=O)c1cc(-c2nc(-c3cccc(Cl)c3)cs2)n(C)c1C. The highest BCUT2D eigenvalue weighted by atomic mass is 35.5. The van der Waals surface area contributed by atoms with Gasteiger partial charge in [0.15, 0.2) is 0 Å². The molecule has 1 aromatic carbocycles. The van der Waals surface area contributed by atoms with Crippen molar-refractivity contribution in [2.75, 3.05) is 19.6 Å². The Morgan fingerprint density at radius 2 is 2.13 bits per heavy atom. The van der Waals surface area contributed by atoms with E-state index < -0.39 is 10.0 Å². The van der Waals surface area contributed by atoms with Crippen LogP contribution >= 0.6 is 22.9 Å². The van der Waals surface area contributed by atoms with Gasteiger partial charge < -0.3 is 4.57 Å². The summed E-state index contributed by atoms with van der Waals surface area (Å²) in [6, 6.07) is 9.55. The molecule has 1 aliphatic heterocycles. The first-order chi connectivity index (χ1) is 14.8. The molecule has 0 bridgehead atoms. The van der Waals surface area contributed by atoms with Gasteiger partial charge in [-0.15, -0.1) is 11.3 Å². The lowest BCUT2D eigenvalue weighted by Gasteiger charge is -2.22. The highest BCUT2D eigenvalue weighted by molar-refractivity contribution is 7.89. The second kappa shape index (κ2) is 9.03. The number of halogens is 1. The van der Waals surface area contributed by atoms with Crippen LogP contribution in [0.5, 0.6) is 0 Å². The van der Waals surface area contributed by atoms with Crippen LogP contribution in [0.25, 0.3) is 22.0 Å². The van der Waals surface area contributed by atoms with Crippen molar-refractivity contribution >= 4 is 33.0 Å². The lowest BCUT2D eigenvalue weighted by atomic mass is 10.2. The van der Waals surface area contributed by atoms with Gasteiger partial charge in [-0.1, -0.05) is 30.7 Å². The van der Waals surface area contributed by atoms with Crippen molar-refractivity contribution in [1.29, 1.82) is 0 Å². The largest absolute Gasteiger partial charge is 0.345 e. The second-order valence-corrected chi connectivity index (χ2v) is 10.9. The maximum absolute atomic E-state index is 13.1. The standard InChI is InChI=1S/C22H27ClN4O2S2/c1-4-27-10-6-9-18(27)13-24-31(28,29)21-12-20(26(3)15(21)2)22-25-19(14-30-22)16-7-5-8-17(23)11-16/h5,7-8,11-12,14,18,24H,4,6,9-10,13H2,1-3H3. The fraction of sp³-hybridized carbons (Fsp3) is 0.409. The molecule has 1 saturated heterocycles. The molecule has 3 heterocycles. The smallest absolute Gasteiger partial charge is 0.242 e. The normalized spacial score (nSPS) is 17.5. The molecule has 6 nitrogen and oxygen atoms in total. The van der Waals surface area contributed by atoms with Crippen LogP contribution < -0.4 is 4.72 Å². The van der Waals surface area contributed by atoms with Crippen LogP contribution in [0.15, 0.2) is 40.6 Å². The number of likely N-dealkylation sites (tertiary alicyclic amines) is 1.